The Morgan fingerprint density at radius 3 is 2.61 bits per heavy atom. The van der Waals surface area contributed by atoms with Gasteiger partial charge in [-0.1, -0.05) is 13.8 Å². The molecule has 2 aromatic rings. The maximum Gasteiger partial charge on any atom is 0.224 e. The molecule has 0 atom stereocenters. The van der Waals surface area contributed by atoms with Crippen LogP contribution in [-0.4, -0.2) is 15.5 Å². The van der Waals surface area contributed by atoms with Crippen LogP contribution < -0.4 is 5.32 Å². The maximum atomic E-state index is 11.3. The number of rotatable bonds is 4. The lowest BCUT2D eigenvalue weighted by Crippen LogP contribution is -2.09. The number of anilines is 1. The smallest absolute Gasteiger partial charge is 0.224 e. The number of benzene rings is 1. The number of carbonyl (C=O) groups excluding carboxylic acids is 1. The van der Waals surface area contributed by atoms with E-state index in [4.69, 9.17) is 0 Å². The summed E-state index contributed by atoms with van der Waals surface area (Å²) < 4.78 is 2.05. The van der Waals surface area contributed by atoms with Gasteiger partial charge in [-0.05, 0) is 24.3 Å². The number of amides is 1. The summed E-state index contributed by atoms with van der Waals surface area (Å²) in [6.07, 6.45) is 5.12. The van der Waals surface area contributed by atoms with Crippen molar-refractivity contribution in [2.45, 2.75) is 26.7 Å². The minimum Gasteiger partial charge on any atom is -0.326 e. The highest BCUT2D eigenvalue weighted by atomic mass is 16.1. The lowest BCUT2D eigenvalue weighted by molar-refractivity contribution is -0.115. The van der Waals surface area contributed by atoms with Crippen LogP contribution in [0.2, 0.25) is 0 Å². The van der Waals surface area contributed by atoms with Crippen LogP contribution in [0.3, 0.4) is 0 Å². The van der Waals surface area contributed by atoms with E-state index in [0.29, 0.717) is 6.42 Å². The number of nitrogens with one attached hydrogen (secondary N) is 1. The molecule has 0 unspecified atom stereocenters. The van der Waals surface area contributed by atoms with E-state index in [9.17, 15) is 4.79 Å². The number of imidazole rings is 1. The standard InChI is InChI=1S/C14H17N3O/c1-3-13-15-9-10-17(13)12-7-5-11(6-8-12)16-14(18)4-2/h5-10H,3-4H2,1-2H3,(H,16,18). The van der Waals surface area contributed by atoms with E-state index < -0.39 is 0 Å². The Hall–Kier alpha value is -2.10. The van der Waals surface area contributed by atoms with E-state index in [2.05, 4.69) is 17.2 Å². The Kier molecular flexibility index (Phi) is 3.77. The number of carbonyl (C=O) groups is 1. The molecule has 4 nitrogen and oxygen atoms in total. The van der Waals surface area contributed by atoms with Crippen molar-refractivity contribution in [1.29, 1.82) is 0 Å². The molecular weight excluding hydrogens is 226 g/mol. The van der Waals surface area contributed by atoms with E-state index in [1.54, 1.807) is 6.20 Å². The quantitative estimate of drug-likeness (QED) is 0.897. The summed E-state index contributed by atoms with van der Waals surface area (Å²) in [6, 6.07) is 7.77. The zero-order valence-corrected chi connectivity index (χ0v) is 10.7. The summed E-state index contributed by atoms with van der Waals surface area (Å²) in [4.78, 5) is 15.6. The molecule has 0 aliphatic rings. The topological polar surface area (TPSA) is 46.9 Å². The zero-order chi connectivity index (χ0) is 13.0. The summed E-state index contributed by atoms with van der Waals surface area (Å²) >= 11 is 0. The molecule has 1 aromatic heterocycles. The summed E-state index contributed by atoms with van der Waals surface area (Å²) in [6.45, 7) is 3.91. The second-order valence-electron chi connectivity index (χ2n) is 4.02. The van der Waals surface area contributed by atoms with Crippen molar-refractivity contribution in [3.63, 3.8) is 0 Å². The molecule has 0 saturated carbocycles. The second-order valence-corrected chi connectivity index (χ2v) is 4.02. The van der Waals surface area contributed by atoms with Crippen LogP contribution in [0.25, 0.3) is 5.69 Å². The molecule has 1 amide bonds. The van der Waals surface area contributed by atoms with Crippen molar-refractivity contribution in [2.75, 3.05) is 5.32 Å². The van der Waals surface area contributed by atoms with E-state index in [0.717, 1.165) is 23.6 Å². The van der Waals surface area contributed by atoms with Gasteiger partial charge in [-0.2, -0.15) is 0 Å². The molecule has 1 heterocycles. The van der Waals surface area contributed by atoms with Gasteiger partial charge in [0.1, 0.15) is 5.82 Å². The third-order valence-corrected chi connectivity index (χ3v) is 2.78. The molecule has 1 aromatic carbocycles. The van der Waals surface area contributed by atoms with E-state index in [-0.39, 0.29) is 5.91 Å². The first kappa shape index (κ1) is 12.4. The molecule has 0 aliphatic heterocycles. The minimum absolute atomic E-state index is 0.0274. The molecule has 0 spiro atoms. The van der Waals surface area contributed by atoms with E-state index >= 15 is 0 Å². The van der Waals surface area contributed by atoms with Gasteiger partial charge >= 0.3 is 0 Å². The Labute approximate surface area is 107 Å². The second kappa shape index (κ2) is 5.49. The lowest BCUT2D eigenvalue weighted by atomic mass is 10.2. The third kappa shape index (κ3) is 2.59. The number of hydrogen-bond acceptors (Lipinski definition) is 2. The number of nitrogens with zero attached hydrogens (tertiary/aromatic N) is 2. The Morgan fingerprint density at radius 1 is 1.28 bits per heavy atom. The molecule has 94 valence electrons. The fourth-order valence-corrected chi connectivity index (χ4v) is 1.79. The van der Waals surface area contributed by atoms with Crippen LogP contribution in [0.4, 0.5) is 5.69 Å². The summed E-state index contributed by atoms with van der Waals surface area (Å²) in [5.74, 6) is 1.06. The van der Waals surface area contributed by atoms with Crippen LogP contribution in [-0.2, 0) is 11.2 Å². The van der Waals surface area contributed by atoms with E-state index in [1.807, 2.05) is 42.0 Å². The van der Waals surface area contributed by atoms with Crippen LogP contribution >= 0.6 is 0 Å². The molecule has 0 bridgehead atoms. The van der Waals surface area contributed by atoms with Gasteiger partial charge in [0.2, 0.25) is 5.91 Å². The van der Waals surface area contributed by atoms with Crippen molar-refractivity contribution in [3.8, 4) is 5.69 Å². The number of aromatic nitrogens is 2. The van der Waals surface area contributed by atoms with Gasteiger partial charge < -0.3 is 9.88 Å². The molecule has 2 rings (SSSR count). The maximum absolute atomic E-state index is 11.3. The summed E-state index contributed by atoms with van der Waals surface area (Å²) in [5.41, 5.74) is 1.88. The zero-order valence-electron chi connectivity index (χ0n) is 10.7. The first-order valence-electron chi connectivity index (χ1n) is 6.17. The van der Waals surface area contributed by atoms with Gasteiger partial charge in [-0.3, -0.25) is 4.79 Å². The fourth-order valence-electron chi connectivity index (χ4n) is 1.79. The van der Waals surface area contributed by atoms with Crippen LogP contribution in [0.1, 0.15) is 26.1 Å². The lowest BCUT2D eigenvalue weighted by Gasteiger charge is -2.08. The average molecular weight is 243 g/mol. The third-order valence-electron chi connectivity index (χ3n) is 2.78. The molecule has 0 aliphatic carbocycles. The SMILES string of the molecule is CCC(=O)Nc1ccc(-n2ccnc2CC)cc1. The summed E-state index contributed by atoms with van der Waals surface area (Å²) in [7, 11) is 0. The van der Waals surface area contributed by atoms with Crippen molar-refractivity contribution in [3.05, 3.63) is 42.5 Å². The highest BCUT2D eigenvalue weighted by molar-refractivity contribution is 5.90. The Morgan fingerprint density at radius 2 is 2.00 bits per heavy atom. The van der Waals surface area contributed by atoms with Gasteiger partial charge in [0.25, 0.3) is 0 Å². The molecule has 1 N–H and O–H groups in total. The molecule has 0 fully saturated rings. The van der Waals surface area contributed by atoms with Crippen molar-refractivity contribution in [1.82, 2.24) is 9.55 Å². The minimum atomic E-state index is 0.0274. The van der Waals surface area contributed by atoms with Gasteiger partial charge in [0.05, 0.1) is 0 Å². The highest BCUT2D eigenvalue weighted by Crippen LogP contribution is 2.15. The molecule has 0 radical (unpaired) electrons. The van der Waals surface area contributed by atoms with Gasteiger partial charge in [-0.15, -0.1) is 0 Å². The normalized spacial score (nSPS) is 10.3. The first-order chi connectivity index (χ1) is 8.74. The Balaban J connectivity index is 2.20. The van der Waals surface area contributed by atoms with Crippen LogP contribution in [0, 0.1) is 0 Å². The molecular formula is C14H17N3O. The van der Waals surface area contributed by atoms with Crippen LogP contribution in [0.15, 0.2) is 36.7 Å². The van der Waals surface area contributed by atoms with Gasteiger partial charge in [0.15, 0.2) is 0 Å². The van der Waals surface area contributed by atoms with Crippen molar-refractivity contribution in [2.24, 2.45) is 0 Å². The van der Waals surface area contributed by atoms with Crippen molar-refractivity contribution < 1.29 is 4.79 Å². The van der Waals surface area contributed by atoms with Crippen molar-refractivity contribution >= 4 is 11.6 Å². The van der Waals surface area contributed by atoms with Gasteiger partial charge in [0, 0.05) is 36.6 Å². The molecule has 4 heteroatoms. The molecule has 0 saturated heterocycles. The number of hydrogen-bond donors (Lipinski definition) is 1. The number of aryl methyl sites for hydroxylation is 1. The van der Waals surface area contributed by atoms with E-state index in [1.165, 1.54) is 0 Å². The predicted octanol–water partition coefficient (Wildman–Crippen LogP) is 2.78. The predicted molar refractivity (Wildman–Crippen MR) is 71.9 cm³/mol. The van der Waals surface area contributed by atoms with Crippen LogP contribution in [0.5, 0.6) is 0 Å². The highest BCUT2D eigenvalue weighted by Gasteiger charge is 2.03. The van der Waals surface area contributed by atoms with Gasteiger partial charge in [-0.25, -0.2) is 4.98 Å². The monoisotopic (exact) mass is 243 g/mol. The average Bonchev–Trinajstić information content (AvgIpc) is 2.87. The molecule has 18 heavy (non-hydrogen) atoms. The summed E-state index contributed by atoms with van der Waals surface area (Å²) in [5, 5.41) is 2.83. The Bertz CT molecular complexity index is 528. The largest absolute Gasteiger partial charge is 0.326 e. The first-order valence-corrected chi connectivity index (χ1v) is 6.17. The fraction of sp³-hybridized carbons (Fsp3) is 0.286.